The van der Waals surface area contributed by atoms with Crippen molar-refractivity contribution in [2.45, 2.75) is 31.7 Å². The van der Waals surface area contributed by atoms with Crippen LogP contribution in [0.5, 0.6) is 5.75 Å². The molecule has 20 heavy (non-hydrogen) atoms. The van der Waals surface area contributed by atoms with Gasteiger partial charge in [-0.2, -0.15) is 0 Å². The number of hydrogen-bond donors (Lipinski definition) is 1. The molecule has 1 atom stereocenters. The number of methoxy groups -OCH3 is 1. The van der Waals surface area contributed by atoms with Gasteiger partial charge in [0.25, 0.3) is 0 Å². The van der Waals surface area contributed by atoms with E-state index in [0.29, 0.717) is 0 Å². The average Bonchev–Trinajstić information content (AvgIpc) is 2.99. The summed E-state index contributed by atoms with van der Waals surface area (Å²) >= 11 is 5.43. The van der Waals surface area contributed by atoms with Crippen LogP contribution >= 0.6 is 27.3 Å². The van der Waals surface area contributed by atoms with Gasteiger partial charge < -0.3 is 10.5 Å². The first-order valence-electron chi connectivity index (χ1n) is 6.87. The lowest BCUT2D eigenvalue weighted by atomic mass is 10.0. The molecule has 0 spiro atoms. The summed E-state index contributed by atoms with van der Waals surface area (Å²) < 4.78 is 6.24. The van der Waals surface area contributed by atoms with Crippen molar-refractivity contribution in [3.63, 3.8) is 0 Å². The van der Waals surface area contributed by atoms with Gasteiger partial charge in [0.15, 0.2) is 0 Å². The smallest absolute Gasteiger partial charge is 0.133 e. The first-order valence-corrected chi connectivity index (χ1v) is 8.48. The van der Waals surface area contributed by atoms with Gasteiger partial charge in [-0.1, -0.05) is 6.07 Å². The maximum atomic E-state index is 6.37. The van der Waals surface area contributed by atoms with Crippen molar-refractivity contribution >= 4 is 27.3 Å². The van der Waals surface area contributed by atoms with E-state index in [9.17, 15) is 0 Å². The molecular formula is C16H18BrNOS. The first kappa shape index (κ1) is 14.1. The van der Waals surface area contributed by atoms with E-state index in [1.165, 1.54) is 35.3 Å². The molecule has 1 aliphatic carbocycles. The predicted octanol–water partition coefficient (Wildman–Crippen LogP) is 4.25. The number of fused-ring (bicyclic) bond motifs is 1. The minimum atomic E-state index is 0.0888. The summed E-state index contributed by atoms with van der Waals surface area (Å²) in [4.78, 5) is 2.87. The van der Waals surface area contributed by atoms with Crippen LogP contribution < -0.4 is 10.5 Å². The fourth-order valence-corrected chi connectivity index (χ4v) is 4.57. The number of ether oxygens (including phenoxy) is 1. The molecule has 3 rings (SSSR count). The van der Waals surface area contributed by atoms with E-state index < -0.39 is 0 Å². The van der Waals surface area contributed by atoms with Gasteiger partial charge in [-0.05, 0) is 70.9 Å². The maximum absolute atomic E-state index is 6.37. The Morgan fingerprint density at radius 1 is 1.35 bits per heavy atom. The Morgan fingerprint density at radius 3 is 2.90 bits per heavy atom. The van der Waals surface area contributed by atoms with E-state index >= 15 is 0 Å². The monoisotopic (exact) mass is 351 g/mol. The summed E-state index contributed by atoms with van der Waals surface area (Å²) in [5, 5.41) is 0. The van der Waals surface area contributed by atoms with Crippen LogP contribution in [0.25, 0.3) is 0 Å². The molecule has 2 nitrogen and oxygen atoms in total. The predicted molar refractivity (Wildman–Crippen MR) is 87.7 cm³/mol. The van der Waals surface area contributed by atoms with Crippen LogP contribution in [0.2, 0.25) is 0 Å². The lowest BCUT2D eigenvalue weighted by Gasteiger charge is -2.11. The van der Waals surface area contributed by atoms with Crippen molar-refractivity contribution in [1.29, 1.82) is 0 Å². The fraction of sp³-hybridized carbons (Fsp3) is 0.375. The van der Waals surface area contributed by atoms with E-state index in [0.717, 1.165) is 16.6 Å². The van der Waals surface area contributed by atoms with E-state index in [2.05, 4.69) is 34.1 Å². The summed E-state index contributed by atoms with van der Waals surface area (Å²) in [6.45, 7) is 0. The number of aryl methyl sites for hydroxylation is 2. The minimum Gasteiger partial charge on any atom is -0.496 e. The Kier molecular flexibility index (Phi) is 4.15. The maximum Gasteiger partial charge on any atom is 0.133 e. The first-order chi connectivity index (χ1) is 9.67. The molecule has 2 aromatic rings. The number of benzene rings is 1. The molecule has 1 aliphatic rings. The third-order valence-electron chi connectivity index (χ3n) is 3.80. The van der Waals surface area contributed by atoms with Crippen molar-refractivity contribution in [2.24, 2.45) is 5.73 Å². The second-order valence-corrected chi connectivity index (χ2v) is 7.25. The van der Waals surface area contributed by atoms with E-state index in [-0.39, 0.29) is 6.04 Å². The molecule has 1 aromatic carbocycles. The molecule has 0 fully saturated rings. The van der Waals surface area contributed by atoms with Crippen molar-refractivity contribution in [1.82, 2.24) is 0 Å². The highest BCUT2D eigenvalue weighted by Crippen LogP contribution is 2.34. The molecule has 0 saturated heterocycles. The number of thiophene rings is 1. The zero-order chi connectivity index (χ0) is 14.1. The third kappa shape index (κ3) is 2.78. The largest absolute Gasteiger partial charge is 0.496 e. The fourth-order valence-electron chi connectivity index (χ4n) is 2.73. The van der Waals surface area contributed by atoms with Crippen molar-refractivity contribution < 1.29 is 4.74 Å². The lowest BCUT2D eigenvalue weighted by Crippen LogP contribution is -2.11. The lowest BCUT2D eigenvalue weighted by molar-refractivity contribution is 0.412. The molecular weight excluding hydrogens is 334 g/mol. The van der Waals surface area contributed by atoms with Gasteiger partial charge in [-0.25, -0.2) is 0 Å². The Balaban J connectivity index is 1.74. The molecule has 1 unspecified atom stereocenters. The third-order valence-corrected chi connectivity index (χ3v) is 5.79. The zero-order valence-corrected chi connectivity index (χ0v) is 13.9. The standard InChI is InChI=1S/C16H18BrNOS/c1-19-14-6-5-10(7-12(14)17)8-13(18)16-9-11-3-2-4-15(11)20-16/h5-7,9,13H,2-4,8,18H2,1H3. The molecule has 0 amide bonds. The Bertz CT molecular complexity index is 601. The quantitative estimate of drug-likeness (QED) is 0.893. The summed E-state index contributed by atoms with van der Waals surface area (Å²) in [6.07, 6.45) is 4.64. The van der Waals surface area contributed by atoms with Gasteiger partial charge in [-0.3, -0.25) is 0 Å². The van der Waals surface area contributed by atoms with Crippen LogP contribution in [0.1, 0.15) is 33.3 Å². The Morgan fingerprint density at radius 2 is 2.20 bits per heavy atom. The van der Waals surface area contributed by atoms with E-state index in [4.69, 9.17) is 10.5 Å². The van der Waals surface area contributed by atoms with E-state index in [1.807, 2.05) is 17.4 Å². The van der Waals surface area contributed by atoms with Crippen molar-refractivity contribution in [3.8, 4) is 5.75 Å². The number of hydrogen-bond acceptors (Lipinski definition) is 3. The average molecular weight is 352 g/mol. The molecule has 1 aromatic heterocycles. The zero-order valence-electron chi connectivity index (χ0n) is 11.5. The molecule has 0 aliphatic heterocycles. The van der Waals surface area contributed by atoms with Gasteiger partial charge in [0.05, 0.1) is 11.6 Å². The van der Waals surface area contributed by atoms with E-state index in [1.54, 1.807) is 12.0 Å². The number of nitrogens with two attached hydrogens (primary N) is 1. The summed E-state index contributed by atoms with van der Waals surface area (Å²) in [5.41, 5.74) is 9.13. The van der Waals surface area contributed by atoms with Gasteiger partial charge in [-0.15, -0.1) is 11.3 Å². The second-order valence-electron chi connectivity index (χ2n) is 5.23. The van der Waals surface area contributed by atoms with Crippen LogP contribution in [0.15, 0.2) is 28.7 Å². The normalized spacial score (nSPS) is 15.2. The van der Waals surface area contributed by atoms with Crippen molar-refractivity contribution in [3.05, 3.63) is 49.6 Å². The molecule has 1 heterocycles. The highest BCUT2D eigenvalue weighted by atomic mass is 79.9. The Hall–Kier alpha value is -0.840. The summed E-state index contributed by atoms with van der Waals surface area (Å²) in [5.74, 6) is 0.859. The number of halogens is 1. The molecule has 2 N–H and O–H groups in total. The number of rotatable bonds is 4. The van der Waals surface area contributed by atoms with Crippen LogP contribution in [-0.4, -0.2) is 7.11 Å². The molecule has 0 saturated carbocycles. The molecule has 0 radical (unpaired) electrons. The highest BCUT2D eigenvalue weighted by Gasteiger charge is 2.18. The topological polar surface area (TPSA) is 35.2 Å². The highest BCUT2D eigenvalue weighted by molar-refractivity contribution is 9.10. The SMILES string of the molecule is COc1ccc(CC(N)c2cc3c(s2)CCC3)cc1Br. The van der Waals surface area contributed by atoms with Crippen LogP contribution in [-0.2, 0) is 19.3 Å². The van der Waals surface area contributed by atoms with Gasteiger partial charge in [0, 0.05) is 15.8 Å². The van der Waals surface area contributed by atoms with Crippen LogP contribution in [0.3, 0.4) is 0 Å². The van der Waals surface area contributed by atoms with Gasteiger partial charge in [0.2, 0.25) is 0 Å². The second kappa shape index (κ2) is 5.88. The van der Waals surface area contributed by atoms with Crippen LogP contribution in [0, 0.1) is 0 Å². The summed E-state index contributed by atoms with van der Waals surface area (Å²) in [7, 11) is 1.68. The van der Waals surface area contributed by atoms with Crippen molar-refractivity contribution in [2.75, 3.05) is 7.11 Å². The van der Waals surface area contributed by atoms with Gasteiger partial charge >= 0.3 is 0 Å². The summed E-state index contributed by atoms with van der Waals surface area (Å²) in [6, 6.07) is 8.58. The minimum absolute atomic E-state index is 0.0888. The van der Waals surface area contributed by atoms with Gasteiger partial charge in [0.1, 0.15) is 5.75 Å². The molecule has 4 heteroatoms. The van der Waals surface area contributed by atoms with Crippen LogP contribution in [0.4, 0.5) is 0 Å². The Labute approximate surface area is 132 Å². The molecule has 0 bridgehead atoms. The molecule has 106 valence electrons.